The van der Waals surface area contributed by atoms with Crippen LogP contribution in [0.25, 0.3) is 0 Å². The topological polar surface area (TPSA) is 56.3 Å². The molecule has 170 valence electrons. The molecule has 0 N–H and O–H groups in total. The first-order chi connectivity index (χ1) is 15.7. The molecular weight excluding hydrogens is 470 g/mol. The molecule has 1 heterocycles. The van der Waals surface area contributed by atoms with Crippen molar-refractivity contribution in [2.45, 2.75) is 5.51 Å². The fourth-order valence-corrected chi connectivity index (χ4v) is 12.1. The van der Waals surface area contributed by atoms with Crippen LogP contribution < -0.4 is 21.2 Å². The van der Waals surface area contributed by atoms with Gasteiger partial charge in [0, 0.05) is 0 Å². The number of pyridine rings is 1. The van der Waals surface area contributed by atoms with Crippen LogP contribution >= 0.6 is 6.83 Å². The van der Waals surface area contributed by atoms with Crippen molar-refractivity contribution in [3.05, 3.63) is 116 Å². The summed E-state index contributed by atoms with van der Waals surface area (Å²) in [5.74, 6) is 0. The number of aromatic nitrogens is 1. The molecule has 0 saturated heterocycles. The maximum absolute atomic E-state index is 13.9. The Hall–Kier alpha value is -3.06. The number of alkyl halides is 3. The number of halogens is 3. The SMILES string of the molecule is O=S(=O)(OP(c1ccccc1)(c1ccccc1)(c1ccccc1)c1ccncc1)C(F)(F)F. The van der Waals surface area contributed by atoms with Crippen LogP contribution in [0.3, 0.4) is 0 Å². The second-order valence-corrected chi connectivity index (χ2v) is 13.3. The van der Waals surface area contributed by atoms with E-state index in [1.165, 1.54) is 24.5 Å². The zero-order chi connectivity index (χ0) is 23.6. The van der Waals surface area contributed by atoms with Gasteiger partial charge in [-0.25, -0.2) is 0 Å². The summed E-state index contributed by atoms with van der Waals surface area (Å²) in [5.41, 5.74) is -5.64. The molecule has 0 amide bonds. The van der Waals surface area contributed by atoms with Crippen molar-refractivity contribution in [1.29, 1.82) is 0 Å². The summed E-state index contributed by atoms with van der Waals surface area (Å²) < 4.78 is 73.0. The van der Waals surface area contributed by atoms with Crippen molar-refractivity contribution in [3.63, 3.8) is 0 Å². The Morgan fingerprint density at radius 2 is 0.939 bits per heavy atom. The number of hydrogen-bond acceptors (Lipinski definition) is 4. The zero-order valence-electron chi connectivity index (χ0n) is 17.1. The van der Waals surface area contributed by atoms with Gasteiger partial charge in [0.1, 0.15) is 0 Å². The van der Waals surface area contributed by atoms with Gasteiger partial charge in [0.15, 0.2) is 0 Å². The van der Waals surface area contributed by atoms with Crippen LogP contribution in [0.4, 0.5) is 13.2 Å². The van der Waals surface area contributed by atoms with Crippen molar-refractivity contribution >= 4 is 38.2 Å². The van der Waals surface area contributed by atoms with Gasteiger partial charge in [0.2, 0.25) is 0 Å². The van der Waals surface area contributed by atoms with Gasteiger partial charge in [-0.15, -0.1) is 0 Å². The molecule has 0 radical (unpaired) electrons. The van der Waals surface area contributed by atoms with E-state index in [9.17, 15) is 21.6 Å². The Kier molecular flexibility index (Phi) is 5.86. The van der Waals surface area contributed by atoms with Crippen molar-refractivity contribution in [2.24, 2.45) is 0 Å². The van der Waals surface area contributed by atoms with Crippen LogP contribution in [-0.2, 0) is 14.1 Å². The van der Waals surface area contributed by atoms with E-state index < -0.39 is 22.5 Å². The second-order valence-electron chi connectivity index (χ2n) is 7.22. The molecule has 0 unspecified atom stereocenters. The Labute approximate surface area is 189 Å². The summed E-state index contributed by atoms with van der Waals surface area (Å²) in [6.07, 6.45) is 2.82. The average Bonchev–Trinajstić information content (AvgIpc) is 2.84. The standard InChI is InChI=1S/C24H19F3NO3PS/c25-24(26,27)33(29,30)31-32(20-10-4-1-5-11-20,21-12-6-2-7-13-21,22-14-8-3-9-15-22)23-16-18-28-19-17-23/h1-19H. The van der Waals surface area contributed by atoms with Crippen molar-refractivity contribution in [2.75, 3.05) is 0 Å². The molecule has 1 aromatic heterocycles. The predicted octanol–water partition coefficient (Wildman–Crippen LogP) is 4.02. The van der Waals surface area contributed by atoms with E-state index in [1.54, 1.807) is 91.0 Å². The van der Waals surface area contributed by atoms with Crippen LogP contribution in [0.2, 0.25) is 0 Å². The molecule has 4 rings (SSSR count). The maximum atomic E-state index is 13.9. The molecule has 0 fully saturated rings. The van der Waals surface area contributed by atoms with E-state index in [1.807, 2.05) is 0 Å². The minimum absolute atomic E-state index is 0.271. The minimum atomic E-state index is -6.07. The van der Waals surface area contributed by atoms with Gasteiger partial charge in [0.25, 0.3) is 0 Å². The van der Waals surface area contributed by atoms with E-state index in [-0.39, 0.29) is 5.30 Å². The third-order valence-corrected chi connectivity index (χ3v) is 13.1. The molecule has 3 aromatic carbocycles. The number of hydrogen-bond donors (Lipinski definition) is 0. The van der Waals surface area contributed by atoms with E-state index in [2.05, 4.69) is 4.98 Å². The molecule has 0 bridgehead atoms. The Morgan fingerprint density at radius 3 is 1.27 bits per heavy atom. The molecule has 4 nitrogen and oxygen atoms in total. The molecule has 0 saturated carbocycles. The third-order valence-electron chi connectivity index (χ3n) is 5.43. The monoisotopic (exact) mass is 489 g/mol. The summed E-state index contributed by atoms with van der Waals surface area (Å²) in [5, 5.41) is 1.19. The quantitative estimate of drug-likeness (QED) is 0.303. The first-order valence-electron chi connectivity index (χ1n) is 9.84. The van der Waals surface area contributed by atoms with Gasteiger partial charge in [-0.05, 0) is 0 Å². The molecular formula is C24H19F3NO3PS. The van der Waals surface area contributed by atoms with E-state index in [0.29, 0.717) is 15.9 Å². The zero-order valence-corrected chi connectivity index (χ0v) is 18.8. The third kappa shape index (κ3) is 3.55. The van der Waals surface area contributed by atoms with Gasteiger partial charge in [-0.3, -0.25) is 0 Å². The number of nitrogens with zero attached hydrogens (tertiary/aromatic N) is 1. The van der Waals surface area contributed by atoms with Crippen molar-refractivity contribution in [1.82, 2.24) is 4.98 Å². The van der Waals surface area contributed by atoms with Gasteiger partial charge in [-0.2, -0.15) is 0 Å². The van der Waals surface area contributed by atoms with Gasteiger partial charge in [0.05, 0.1) is 0 Å². The first-order valence-corrected chi connectivity index (χ1v) is 13.4. The van der Waals surface area contributed by atoms with Crippen LogP contribution in [-0.4, -0.2) is 18.9 Å². The van der Waals surface area contributed by atoms with Gasteiger partial charge < -0.3 is 0 Å². The Bertz CT molecular complexity index is 1170. The Balaban J connectivity index is 2.33. The number of benzene rings is 3. The molecule has 0 spiro atoms. The average molecular weight is 489 g/mol. The Morgan fingerprint density at radius 1 is 0.606 bits per heavy atom. The summed E-state index contributed by atoms with van der Waals surface area (Å²) in [4.78, 5) is 4.01. The predicted molar refractivity (Wildman–Crippen MR) is 125 cm³/mol. The van der Waals surface area contributed by atoms with Crippen LogP contribution in [0, 0.1) is 0 Å². The first kappa shape index (κ1) is 23.1. The van der Waals surface area contributed by atoms with Crippen LogP contribution in [0.1, 0.15) is 0 Å². The molecule has 9 heteroatoms. The fraction of sp³-hybridized carbons (Fsp3) is 0.0417. The number of rotatable bonds is 6. The molecule has 33 heavy (non-hydrogen) atoms. The van der Waals surface area contributed by atoms with Crippen molar-refractivity contribution in [3.8, 4) is 0 Å². The van der Waals surface area contributed by atoms with Gasteiger partial charge >= 0.3 is 190 Å². The molecule has 4 aromatic rings. The van der Waals surface area contributed by atoms with Crippen LogP contribution in [0.15, 0.2) is 116 Å². The summed E-state index contributed by atoms with van der Waals surface area (Å²) in [6, 6.07) is 27.6. The molecule has 0 aliphatic heterocycles. The second kappa shape index (κ2) is 8.37. The van der Waals surface area contributed by atoms with Gasteiger partial charge in [-0.1, -0.05) is 0 Å². The normalized spacial score (nSPS) is 13.7. The van der Waals surface area contributed by atoms with E-state index in [0.717, 1.165) is 0 Å². The van der Waals surface area contributed by atoms with Crippen molar-refractivity contribution < 1.29 is 25.6 Å². The summed E-state index contributed by atoms with van der Waals surface area (Å²) in [6.45, 7) is -4.98. The van der Waals surface area contributed by atoms with E-state index in [4.69, 9.17) is 3.97 Å². The molecule has 0 atom stereocenters. The molecule has 0 aliphatic rings. The summed E-state index contributed by atoms with van der Waals surface area (Å²) in [7, 11) is -6.07. The fourth-order valence-electron chi connectivity index (χ4n) is 4.07. The summed E-state index contributed by atoms with van der Waals surface area (Å²) >= 11 is 0. The van der Waals surface area contributed by atoms with Crippen LogP contribution in [0.5, 0.6) is 0 Å². The molecule has 0 aliphatic carbocycles. The van der Waals surface area contributed by atoms with E-state index >= 15 is 0 Å².